The van der Waals surface area contributed by atoms with Crippen LogP contribution in [0, 0.1) is 6.92 Å². The van der Waals surface area contributed by atoms with Gasteiger partial charge in [-0.15, -0.1) is 11.3 Å². The highest BCUT2D eigenvalue weighted by molar-refractivity contribution is 7.22. The SMILES string of the molecule is C=Cc1ccnc(-c2cc3ccccc3s2)c1C. The van der Waals surface area contributed by atoms with E-state index in [0.717, 1.165) is 11.3 Å². The highest BCUT2D eigenvalue weighted by Gasteiger charge is 2.09. The predicted molar refractivity (Wildman–Crippen MR) is 79.9 cm³/mol. The molecule has 2 heterocycles. The van der Waals surface area contributed by atoms with E-state index in [1.54, 1.807) is 11.3 Å². The Balaban J connectivity index is 2.23. The van der Waals surface area contributed by atoms with Crippen LogP contribution in [0.1, 0.15) is 11.1 Å². The van der Waals surface area contributed by atoms with Gasteiger partial charge in [0, 0.05) is 10.9 Å². The lowest BCUT2D eigenvalue weighted by atomic mass is 10.1. The van der Waals surface area contributed by atoms with Crippen LogP contribution in [-0.4, -0.2) is 4.98 Å². The van der Waals surface area contributed by atoms with E-state index in [-0.39, 0.29) is 0 Å². The molecule has 0 aliphatic carbocycles. The van der Waals surface area contributed by atoms with Crippen molar-refractivity contribution in [3.05, 3.63) is 60.3 Å². The van der Waals surface area contributed by atoms with Gasteiger partial charge >= 0.3 is 0 Å². The number of aromatic nitrogens is 1. The normalized spacial score (nSPS) is 10.7. The molecule has 0 aliphatic rings. The van der Waals surface area contributed by atoms with E-state index >= 15 is 0 Å². The molecule has 3 rings (SSSR count). The summed E-state index contributed by atoms with van der Waals surface area (Å²) in [5.41, 5.74) is 3.41. The van der Waals surface area contributed by atoms with E-state index in [1.165, 1.54) is 20.5 Å². The maximum absolute atomic E-state index is 4.52. The first-order valence-corrected chi connectivity index (χ1v) is 6.68. The Kier molecular flexibility index (Phi) is 2.73. The molecule has 0 saturated heterocycles. The second-order valence-corrected chi connectivity index (χ2v) is 5.31. The summed E-state index contributed by atoms with van der Waals surface area (Å²) in [5, 5.41) is 1.28. The van der Waals surface area contributed by atoms with Crippen molar-refractivity contribution in [3.8, 4) is 10.6 Å². The second kappa shape index (κ2) is 4.39. The summed E-state index contributed by atoms with van der Waals surface area (Å²) < 4.78 is 1.30. The quantitative estimate of drug-likeness (QED) is 0.630. The van der Waals surface area contributed by atoms with Gasteiger partial charge in [-0.3, -0.25) is 4.98 Å². The predicted octanol–water partition coefficient (Wildman–Crippen LogP) is 4.91. The first-order chi connectivity index (χ1) is 8.79. The number of fused-ring (bicyclic) bond motifs is 1. The number of pyridine rings is 1. The van der Waals surface area contributed by atoms with Gasteiger partial charge in [0.1, 0.15) is 0 Å². The molecule has 0 N–H and O–H groups in total. The number of thiophene rings is 1. The zero-order valence-corrected chi connectivity index (χ0v) is 11.0. The van der Waals surface area contributed by atoms with Crippen LogP contribution in [-0.2, 0) is 0 Å². The maximum atomic E-state index is 4.52. The summed E-state index contributed by atoms with van der Waals surface area (Å²) in [5.74, 6) is 0. The topological polar surface area (TPSA) is 12.9 Å². The van der Waals surface area contributed by atoms with E-state index in [2.05, 4.69) is 48.8 Å². The molecule has 0 fully saturated rings. The van der Waals surface area contributed by atoms with Crippen LogP contribution in [0.3, 0.4) is 0 Å². The number of benzene rings is 1. The monoisotopic (exact) mass is 251 g/mol. The molecule has 0 atom stereocenters. The fourth-order valence-corrected chi connectivity index (χ4v) is 3.24. The molecule has 0 unspecified atom stereocenters. The van der Waals surface area contributed by atoms with Crippen LogP contribution in [0.5, 0.6) is 0 Å². The van der Waals surface area contributed by atoms with Gasteiger partial charge in [0.15, 0.2) is 0 Å². The van der Waals surface area contributed by atoms with Crippen molar-refractivity contribution < 1.29 is 0 Å². The van der Waals surface area contributed by atoms with Crippen molar-refractivity contribution >= 4 is 27.5 Å². The van der Waals surface area contributed by atoms with Gasteiger partial charge in [0.05, 0.1) is 10.6 Å². The molecule has 18 heavy (non-hydrogen) atoms. The van der Waals surface area contributed by atoms with Gasteiger partial charge in [-0.2, -0.15) is 0 Å². The summed E-state index contributed by atoms with van der Waals surface area (Å²) in [7, 11) is 0. The number of nitrogens with zero attached hydrogens (tertiary/aromatic N) is 1. The molecule has 0 radical (unpaired) electrons. The lowest BCUT2D eigenvalue weighted by molar-refractivity contribution is 1.27. The Morgan fingerprint density at radius 2 is 2.06 bits per heavy atom. The number of hydrogen-bond donors (Lipinski definition) is 0. The Labute approximate surface area is 110 Å². The van der Waals surface area contributed by atoms with Crippen LogP contribution >= 0.6 is 11.3 Å². The molecule has 0 bridgehead atoms. The Morgan fingerprint density at radius 3 is 2.83 bits per heavy atom. The maximum Gasteiger partial charge on any atom is 0.0837 e. The average Bonchev–Trinajstić information content (AvgIpc) is 2.82. The molecule has 0 saturated carbocycles. The minimum absolute atomic E-state index is 1.06. The van der Waals surface area contributed by atoms with Crippen molar-refractivity contribution in [2.75, 3.05) is 0 Å². The Bertz CT molecular complexity index is 692. The van der Waals surface area contributed by atoms with Crippen LogP contribution in [0.2, 0.25) is 0 Å². The lowest BCUT2D eigenvalue weighted by Gasteiger charge is -2.04. The molecule has 1 aromatic carbocycles. The van der Waals surface area contributed by atoms with Crippen LogP contribution < -0.4 is 0 Å². The standard InChI is InChI=1S/C16H13NS/c1-3-12-8-9-17-16(11(12)2)15-10-13-6-4-5-7-14(13)18-15/h3-10H,1H2,2H3. The molecule has 3 aromatic rings. The third-order valence-electron chi connectivity index (χ3n) is 3.12. The molecular formula is C16H13NS. The summed E-state index contributed by atoms with van der Waals surface area (Å²) in [6.45, 7) is 5.95. The Morgan fingerprint density at radius 1 is 1.22 bits per heavy atom. The van der Waals surface area contributed by atoms with Crippen molar-refractivity contribution in [1.82, 2.24) is 4.98 Å². The first-order valence-electron chi connectivity index (χ1n) is 5.86. The van der Waals surface area contributed by atoms with E-state index in [1.807, 2.05) is 18.3 Å². The molecule has 88 valence electrons. The minimum atomic E-state index is 1.06. The molecule has 0 amide bonds. The molecular weight excluding hydrogens is 238 g/mol. The second-order valence-electron chi connectivity index (χ2n) is 4.23. The molecule has 0 aliphatic heterocycles. The fraction of sp³-hybridized carbons (Fsp3) is 0.0625. The van der Waals surface area contributed by atoms with Crippen LogP contribution in [0.4, 0.5) is 0 Å². The van der Waals surface area contributed by atoms with Crippen molar-refractivity contribution in [3.63, 3.8) is 0 Å². The van der Waals surface area contributed by atoms with Gasteiger partial charge in [-0.05, 0) is 41.6 Å². The molecule has 2 heteroatoms. The van der Waals surface area contributed by atoms with Crippen LogP contribution in [0.15, 0.2) is 49.2 Å². The van der Waals surface area contributed by atoms with Crippen molar-refractivity contribution in [2.45, 2.75) is 6.92 Å². The third-order valence-corrected chi connectivity index (χ3v) is 4.25. The minimum Gasteiger partial charge on any atom is -0.255 e. The number of hydrogen-bond acceptors (Lipinski definition) is 2. The average molecular weight is 251 g/mol. The van der Waals surface area contributed by atoms with Crippen molar-refractivity contribution in [1.29, 1.82) is 0 Å². The van der Waals surface area contributed by atoms with E-state index in [9.17, 15) is 0 Å². The molecule has 2 aromatic heterocycles. The number of rotatable bonds is 2. The first kappa shape index (κ1) is 11.2. The summed E-state index contributed by atoms with van der Waals surface area (Å²) >= 11 is 1.79. The highest BCUT2D eigenvalue weighted by atomic mass is 32.1. The summed E-state index contributed by atoms with van der Waals surface area (Å²) in [4.78, 5) is 5.73. The van der Waals surface area contributed by atoms with Gasteiger partial charge in [-0.1, -0.05) is 30.9 Å². The molecule has 0 spiro atoms. The summed E-state index contributed by atoms with van der Waals surface area (Å²) in [6.07, 6.45) is 3.73. The zero-order chi connectivity index (χ0) is 12.5. The lowest BCUT2D eigenvalue weighted by Crippen LogP contribution is -1.88. The summed E-state index contributed by atoms with van der Waals surface area (Å²) in [6, 6.07) is 12.6. The third kappa shape index (κ3) is 1.75. The van der Waals surface area contributed by atoms with Gasteiger partial charge in [0.25, 0.3) is 0 Å². The fourth-order valence-electron chi connectivity index (χ4n) is 2.12. The van der Waals surface area contributed by atoms with Crippen LogP contribution in [0.25, 0.3) is 26.7 Å². The van der Waals surface area contributed by atoms with E-state index in [0.29, 0.717) is 0 Å². The zero-order valence-electron chi connectivity index (χ0n) is 10.2. The van der Waals surface area contributed by atoms with Gasteiger partial charge in [0.2, 0.25) is 0 Å². The van der Waals surface area contributed by atoms with Gasteiger partial charge < -0.3 is 0 Å². The Hall–Kier alpha value is -1.93. The van der Waals surface area contributed by atoms with E-state index in [4.69, 9.17) is 0 Å². The van der Waals surface area contributed by atoms with Gasteiger partial charge in [-0.25, -0.2) is 0 Å². The largest absolute Gasteiger partial charge is 0.255 e. The smallest absolute Gasteiger partial charge is 0.0837 e. The van der Waals surface area contributed by atoms with Crippen molar-refractivity contribution in [2.24, 2.45) is 0 Å². The molecule has 1 nitrogen and oxygen atoms in total. The van der Waals surface area contributed by atoms with E-state index < -0.39 is 0 Å². The highest BCUT2D eigenvalue weighted by Crippen LogP contribution is 2.34.